The van der Waals surface area contributed by atoms with Crippen LogP contribution in [0.4, 0.5) is 10.1 Å². The highest BCUT2D eigenvalue weighted by molar-refractivity contribution is 14.0. The van der Waals surface area contributed by atoms with E-state index in [1.54, 1.807) is 35.0 Å². The Morgan fingerprint density at radius 2 is 2.07 bits per heavy atom. The Labute approximate surface area is 193 Å². The Bertz CT molecular complexity index is 857. The number of hydrogen-bond donors (Lipinski definition) is 1. The van der Waals surface area contributed by atoms with Gasteiger partial charge in [0.05, 0.1) is 18.4 Å². The summed E-state index contributed by atoms with van der Waals surface area (Å²) in [6.45, 7) is 4.47. The van der Waals surface area contributed by atoms with Gasteiger partial charge in [0.25, 0.3) is 0 Å². The van der Waals surface area contributed by atoms with Gasteiger partial charge in [0.15, 0.2) is 5.96 Å². The number of aryl methyl sites for hydroxylation is 1. The lowest BCUT2D eigenvalue weighted by Crippen LogP contribution is -2.55. The predicted molar refractivity (Wildman–Crippen MR) is 125 cm³/mol. The van der Waals surface area contributed by atoms with E-state index in [9.17, 15) is 9.18 Å². The van der Waals surface area contributed by atoms with E-state index >= 15 is 0 Å². The lowest BCUT2D eigenvalue weighted by atomic mass is 10.1. The summed E-state index contributed by atoms with van der Waals surface area (Å²) >= 11 is 0. The smallest absolute Gasteiger partial charge is 0.246 e. The lowest BCUT2D eigenvalue weighted by Gasteiger charge is -2.35. The number of carbonyl (C=O) groups excluding carboxylic acids is 1. The van der Waals surface area contributed by atoms with Crippen LogP contribution in [-0.2, 0) is 16.6 Å². The van der Waals surface area contributed by atoms with Crippen molar-refractivity contribution >= 4 is 41.5 Å². The molecule has 1 amide bonds. The molecule has 10 heteroatoms. The van der Waals surface area contributed by atoms with Crippen molar-refractivity contribution in [2.75, 3.05) is 44.7 Å². The maximum Gasteiger partial charge on any atom is 0.246 e. The zero-order valence-electron chi connectivity index (χ0n) is 17.4. The second-order valence-corrected chi connectivity index (χ2v) is 6.81. The number of hydrogen-bond acceptors (Lipinski definition) is 4. The molecule has 8 nitrogen and oxygen atoms in total. The highest BCUT2D eigenvalue weighted by Gasteiger charge is 2.27. The van der Waals surface area contributed by atoms with Gasteiger partial charge >= 0.3 is 0 Å². The van der Waals surface area contributed by atoms with Crippen LogP contribution in [0.5, 0.6) is 0 Å². The number of aromatic nitrogens is 2. The fourth-order valence-corrected chi connectivity index (χ4v) is 3.26. The zero-order valence-corrected chi connectivity index (χ0v) is 19.7. The van der Waals surface area contributed by atoms with Crippen molar-refractivity contribution in [2.24, 2.45) is 12.0 Å². The van der Waals surface area contributed by atoms with Crippen LogP contribution in [0.25, 0.3) is 0 Å². The SMILES string of the molecule is CCNC(=NCC(OC)c1ccc(F)cc1)N1CCN(c2cnn(C)c2)C(=O)C1.I. The minimum absolute atomic E-state index is 0. The van der Waals surface area contributed by atoms with E-state index in [4.69, 9.17) is 4.74 Å². The minimum Gasteiger partial charge on any atom is -0.375 e. The van der Waals surface area contributed by atoms with E-state index in [0.717, 1.165) is 11.3 Å². The molecule has 1 aliphatic rings. The third kappa shape index (κ3) is 5.91. The monoisotopic (exact) mass is 530 g/mol. The molecule has 3 rings (SSSR count). The molecule has 1 fully saturated rings. The minimum atomic E-state index is -0.295. The molecule has 0 saturated carbocycles. The molecule has 1 N–H and O–H groups in total. The number of guanidine groups is 1. The number of halogens is 2. The second kappa shape index (κ2) is 11.3. The van der Waals surface area contributed by atoms with E-state index in [0.29, 0.717) is 32.1 Å². The van der Waals surface area contributed by atoms with Crippen LogP contribution in [0, 0.1) is 5.82 Å². The molecule has 164 valence electrons. The quantitative estimate of drug-likeness (QED) is 0.352. The predicted octanol–water partition coefficient (Wildman–Crippen LogP) is 2.18. The molecule has 1 atom stereocenters. The molecule has 0 spiro atoms. The fourth-order valence-electron chi connectivity index (χ4n) is 3.26. The van der Waals surface area contributed by atoms with Crippen LogP contribution >= 0.6 is 24.0 Å². The normalized spacial score (nSPS) is 15.7. The first kappa shape index (κ1) is 24.1. The summed E-state index contributed by atoms with van der Waals surface area (Å²) in [4.78, 5) is 21.0. The van der Waals surface area contributed by atoms with E-state index in [-0.39, 0.29) is 48.3 Å². The van der Waals surface area contributed by atoms with Crippen molar-refractivity contribution in [3.8, 4) is 0 Å². The maximum atomic E-state index is 13.2. The summed E-state index contributed by atoms with van der Waals surface area (Å²) in [6, 6.07) is 6.21. The molecule has 1 saturated heterocycles. The number of nitrogens with zero attached hydrogens (tertiary/aromatic N) is 5. The third-order valence-corrected chi connectivity index (χ3v) is 4.79. The molecular formula is C20H28FIN6O2. The van der Waals surface area contributed by atoms with Gasteiger partial charge in [-0.3, -0.25) is 14.5 Å². The molecule has 1 aromatic heterocycles. The average molecular weight is 530 g/mol. The first-order valence-electron chi connectivity index (χ1n) is 9.62. The number of rotatable bonds is 6. The van der Waals surface area contributed by atoms with Gasteiger partial charge in [0.1, 0.15) is 18.5 Å². The molecule has 1 unspecified atom stereocenters. The number of methoxy groups -OCH3 is 1. The number of nitrogens with one attached hydrogen (secondary N) is 1. The van der Waals surface area contributed by atoms with Crippen LogP contribution in [0.15, 0.2) is 41.7 Å². The molecule has 1 aliphatic heterocycles. The number of piperazine rings is 1. The summed E-state index contributed by atoms with van der Waals surface area (Å²) in [6.07, 6.45) is 3.23. The number of carbonyl (C=O) groups is 1. The first-order chi connectivity index (χ1) is 14.0. The van der Waals surface area contributed by atoms with Crippen molar-refractivity contribution in [2.45, 2.75) is 13.0 Å². The summed E-state index contributed by atoms with van der Waals surface area (Å²) in [7, 11) is 3.43. The van der Waals surface area contributed by atoms with E-state index in [1.807, 2.05) is 25.1 Å². The van der Waals surface area contributed by atoms with Crippen LogP contribution in [0.3, 0.4) is 0 Å². The molecule has 0 bridgehead atoms. The Balaban J connectivity index is 0.00000320. The van der Waals surface area contributed by atoms with E-state index in [1.165, 1.54) is 12.1 Å². The van der Waals surface area contributed by atoms with Crippen LogP contribution in [-0.4, -0.2) is 66.4 Å². The third-order valence-electron chi connectivity index (χ3n) is 4.79. The van der Waals surface area contributed by atoms with Crippen LogP contribution in [0.2, 0.25) is 0 Å². The lowest BCUT2D eigenvalue weighted by molar-refractivity contribution is -0.120. The van der Waals surface area contributed by atoms with Crippen LogP contribution in [0.1, 0.15) is 18.6 Å². The molecule has 1 aromatic carbocycles. The van der Waals surface area contributed by atoms with Gasteiger partial charge in [-0.2, -0.15) is 5.10 Å². The van der Waals surface area contributed by atoms with Crippen molar-refractivity contribution < 1.29 is 13.9 Å². The summed E-state index contributed by atoms with van der Waals surface area (Å²) in [5.74, 6) is 0.373. The Morgan fingerprint density at radius 1 is 1.33 bits per heavy atom. The van der Waals surface area contributed by atoms with Gasteiger partial charge in [-0.1, -0.05) is 12.1 Å². The standard InChI is InChI=1S/C20H27FN6O2.HI/c1-4-22-20(23-12-18(29-3)15-5-7-16(21)8-6-15)26-9-10-27(19(28)14-26)17-11-24-25(2)13-17;/h5-8,11,13,18H,4,9-10,12,14H2,1-3H3,(H,22,23);1H. The zero-order chi connectivity index (χ0) is 20.8. The number of anilines is 1. The average Bonchev–Trinajstić information content (AvgIpc) is 3.14. The largest absolute Gasteiger partial charge is 0.375 e. The summed E-state index contributed by atoms with van der Waals surface area (Å²) in [5.41, 5.74) is 1.65. The van der Waals surface area contributed by atoms with E-state index in [2.05, 4.69) is 15.4 Å². The van der Waals surface area contributed by atoms with Gasteiger partial charge < -0.3 is 19.9 Å². The molecule has 2 heterocycles. The Morgan fingerprint density at radius 3 is 2.63 bits per heavy atom. The number of aliphatic imine (C=N–C) groups is 1. The van der Waals surface area contributed by atoms with Gasteiger partial charge in [-0.05, 0) is 24.6 Å². The Kier molecular flexibility index (Phi) is 9.03. The molecule has 0 aliphatic carbocycles. The van der Waals surface area contributed by atoms with Crippen LogP contribution < -0.4 is 10.2 Å². The summed E-state index contributed by atoms with van der Waals surface area (Å²) in [5, 5.41) is 7.38. The molecular weight excluding hydrogens is 502 g/mol. The van der Waals surface area contributed by atoms with E-state index < -0.39 is 0 Å². The van der Waals surface area contributed by atoms with Crippen molar-refractivity contribution in [3.63, 3.8) is 0 Å². The number of benzene rings is 1. The molecule has 0 radical (unpaired) electrons. The highest BCUT2D eigenvalue weighted by Crippen LogP contribution is 2.19. The molecule has 30 heavy (non-hydrogen) atoms. The number of ether oxygens (including phenoxy) is 1. The number of amides is 1. The summed E-state index contributed by atoms with van der Waals surface area (Å²) < 4.78 is 20.4. The Hall–Kier alpha value is -2.21. The first-order valence-corrected chi connectivity index (χ1v) is 9.62. The highest BCUT2D eigenvalue weighted by atomic mass is 127. The van der Waals surface area contributed by atoms with Crippen molar-refractivity contribution in [1.29, 1.82) is 0 Å². The van der Waals surface area contributed by atoms with Crippen molar-refractivity contribution in [1.82, 2.24) is 20.0 Å². The van der Waals surface area contributed by atoms with Gasteiger partial charge in [0.2, 0.25) is 5.91 Å². The fraction of sp³-hybridized carbons (Fsp3) is 0.450. The second-order valence-electron chi connectivity index (χ2n) is 6.81. The van der Waals surface area contributed by atoms with Crippen molar-refractivity contribution in [3.05, 3.63) is 48.0 Å². The van der Waals surface area contributed by atoms with Gasteiger partial charge in [0, 0.05) is 40.0 Å². The van der Waals surface area contributed by atoms with Gasteiger partial charge in [-0.15, -0.1) is 24.0 Å². The topological polar surface area (TPSA) is 75.0 Å². The molecule has 2 aromatic rings. The van der Waals surface area contributed by atoms with Gasteiger partial charge in [-0.25, -0.2) is 4.39 Å². The maximum absolute atomic E-state index is 13.2.